The summed E-state index contributed by atoms with van der Waals surface area (Å²) in [6.07, 6.45) is 0.0844. The van der Waals surface area contributed by atoms with Crippen LogP contribution in [0.4, 0.5) is 17.3 Å². The highest BCUT2D eigenvalue weighted by atomic mass is 19.5. The molecule has 2 atom stereocenters. The average Bonchev–Trinajstić information content (AvgIpc) is 3.10. The summed E-state index contributed by atoms with van der Waals surface area (Å²) in [7, 11) is -3.95. The molecule has 3 aromatic rings. The predicted octanol–water partition coefficient (Wildman–Crippen LogP) is 6.28. The van der Waals surface area contributed by atoms with Crippen molar-refractivity contribution in [3.8, 4) is 0 Å². The molecule has 5 rings (SSSR count). The van der Waals surface area contributed by atoms with Crippen molar-refractivity contribution < 1.29 is 26.8 Å². The first-order chi connectivity index (χ1) is 14.1. The fraction of sp³-hybridized carbons (Fsp3) is 0.261. The van der Waals surface area contributed by atoms with Crippen molar-refractivity contribution in [2.45, 2.75) is 32.8 Å². The smallest absolute Gasteiger partial charge is 0.418 e. The molecule has 0 saturated carbocycles. The largest absolute Gasteiger partial charge is 0.673 e. The molecule has 1 aliphatic carbocycles. The maximum Gasteiger partial charge on any atom is 0.673 e. The minimum Gasteiger partial charge on any atom is -0.418 e. The summed E-state index contributed by atoms with van der Waals surface area (Å²) in [4.78, 5) is 6.36. The number of benzene rings is 3. The lowest BCUT2D eigenvalue weighted by atomic mass is 9.85. The fourth-order valence-corrected chi connectivity index (χ4v) is 4.97. The second kappa shape index (κ2) is 7.15. The van der Waals surface area contributed by atoms with Crippen LogP contribution in [0.1, 0.15) is 45.4 Å². The van der Waals surface area contributed by atoms with E-state index in [1.54, 1.807) is 0 Å². The van der Waals surface area contributed by atoms with Crippen LogP contribution < -0.4 is 0 Å². The van der Waals surface area contributed by atoms with Crippen molar-refractivity contribution in [2.24, 2.45) is 0 Å². The quantitative estimate of drug-likeness (QED) is 0.259. The van der Waals surface area contributed by atoms with Crippen molar-refractivity contribution in [2.75, 3.05) is 7.05 Å². The van der Waals surface area contributed by atoms with Gasteiger partial charge < -0.3 is 17.3 Å². The molecule has 0 aromatic heterocycles. The summed E-state index contributed by atoms with van der Waals surface area (Å²) in [5.41, 5.74) is 9.32. The van der Waals surface area contributed by atoms with Crippen LogP contribution in [0.15, 0.2) is 48.5 Å². The van der Waals surface area contributed by atoms with Gasteiger partial charge in [0.2, 0.25) is 11.8 Å². The lowest BCUT2D eigenvalue weighted by Gasteiger charge is -2.12. The van der Waals surface area contributed by atoms with E-state index in [9.17, 15) is 17.3 Å². The van der Waals surface area contributed by atoms with Crippen LogP contribution in [-0.2, 0) is 4.84 Å². The van der Waals surface area contributed by atoms with E-state index in [1.165, 1.54) is 49.9 Å². The molecule has 0 amide bonds. The van der Waals surface area contributed by atoms with Gasteiger partial charge in [-0.05, 0) is 53.0 Å². The number of fused-ring (bicyclic) bond motifs is 3. The Hall–Kier alpha value is -2.83. The number of hydroxylamine groups is 1. The van der Waals surface area contributed by atoms with E-state index in [-0.39, 0.29) is 12.0 Å². The van der Waals surface area contributed by atoms with Crippen molar-refractivity contribution in [1.29, 1.82) is 0 Å². The van der Waals surface area contributed by atoms with Gasteiger partial charge >= 0.3 is 7.25 Å². The van der Waals surface area contributed by atoms with Gasteiger partial charge in [-0.1, -0.05) is 54.1 Å². The third kappa shape index (κ3) is 3.46. The first-order valence-electron chi connectivity index (χ1n) is 9.80. The molecule has 2 aliphatic rings. The van der Waals surface area contributed by atoms with Crippen LogP contribution in [0.25, 0.3) is 10.8 Å². The van der Waals surface area contributed by atoms with Crippen LogP contribution >= 0.6 is 0 Å². The third-order valence-corrected chi connectivity index (χ3v) is 5.75. The molecule has 0 spiro atoms. The average molecular weight is 415 g/mol. The molecule has 3 aromatic carbocycles. The van der Waals surface area contributed by atoms with Gasteiger partial charge in [0.1, 0.15) is 5.92 Å². The number of rotatable bonds is 1. The summed E-state index contributed by atoms with van der Waals surface area (Å²) in [5, 5.41) is 2.69. The Kier molecular flexibility index (Phi) is 4.87. The number of hydrogen-bond donors (Lipinski definition) is 0. The van der Waals surface area contributed by atoms with Crippen LogP contribution in [0.3, 0.4) is 0 Å². The Morgan fingerprint density at radius 3 is 1.97 bits per heavy atom. The Bertz CT molecular complexity index is 1150. The maximum atomic E-state index is 9.75. The first kappa shape index (κ1) is 20.4. The Morgan fingerprint density at radius 1 is 0.867 bits per heavy atom. The number of nitrogens with zero attached hydrogens (tertiary/aromatic N) is 1. The van der Waals surface area contributed by atoms with Gasteiger partial charge in [0.15, 0.2) is 7.05 Å². The third-order valence-electron chi connectivity index (χ3n) is 5.75. The van der Waals surface area contributed by atoms with Crippen molar-refractivity contribution in [3.63, 3.8) is 0 Å². The highest BCUT2D eigenvalue weighted by molar-refractivity contribution is 6.50. The van der Waals surface area contributed by atoms with E-state index in [0.717, 1.165) is 0 Å². The van der Waals surface area contributed by atoms with Gasteiger partial charge in [-0.3, -0.25) is 4.84 Å². The zero-order valence-corrected chi connectivity index (χ0v) is 17.2. The van der Waals surface area contributed by atoms with Crippen molar-refractivity contribution >= 4 is 23.7 Å². The van der Waals surface area contributed by atoms with Crippen molar-refractivity contribution in [1.82, 2.24) is 0 Å². The normalized spacial score (nSPS) is 19.5. The Balaban J connectivity index is 0.000000393. The Morgan fingerprint density at radius 2 is 1.40 bits per heavy atom. The zero-order valence-electron chi connectivity index (χ0n) is 17.2. The molecular weight excluding hydrogens is 393 g/mol. The molecule has 156 valence electrons. The molecule has 1 aliphatic heterocycles. The Labute approximate surface area is 172 Å². The van der Waals surface area contributed by atoms with Crippen LogP contribution in [-0.4, -0.2) is 24.8 Å². The van der Waals surface area contributed by atoms with Gasteiger partial charge in [0.05, 0.1) is 5.56 Å². The minimum atomic E-state index is -6.00. The predicted molar refractivity (Wildman–Crippen MR) is 112 cm³/mol. The molecular formula is C23H22BF4NO. The van der Waals surface area contributed by atoms with E-state index in [4.69, 9.17) is 4.84 Å². The summed E-state index contributed by atoms with van der Waals surface area (Å²) in [6.45, 7) is 6.59. The van der Waals surface area contributed by atoms with Gasteiger partial charge in [-0.2, -0.15) is 0 Å². The summed E-state index contributed by atoms with van der Waals surface area (Å²) in [5.74, 6) is 0.270. The summed E-state index contributed by atoms with van der Waals surface area (Å²) >= 11 is 0. The highest BCUT2D eigenvalue weighted by Gasteiger charge is 2.51. The van der Waals surface area contributed by atoms with E-state index in [2.05, 4.69) is 76.3 Å². The number of halogens is 4. The fourth-order valence-electron chi connectivity index (χ4n) is 4.97. The molecule has 0 bridgehead atoms. The second-order valence-corrected chi connectivity index (χ2v) is 7.95. The van der Waals surface area contributed by atoms with Gasteiger partial charge in [0.25, 0.3) is 0 Å². The van der Waals surface area contributed by atoms with Gasteiger partial charge in [0, 0.05) is 5.56 Å². The van der Waals surface area contributed by atoms with E-state index in [0.29, 0.717) is 0 Å². The van der Waals surface area contributed by atoms with E-state index < -0.39 is 7.25 Å². The lowest BCUT2D eigenvalue weighted by Crippen LogP contribution is -2.19. The maximum absolute atomic E-state index is 9.75. The number of aryl methyl sites for hydroxylation is 3. The van der Waals surface area contributed by atoms with E-state index >= 15 is 0 Å². The van der Waals surface area contributed by atoms with Gasteiger partial charge in [-0.25, -0.2) is 0 Å². The molecule has 30 heavy (non-hydrogen) atoms. The molecule has 0 saturated heterocycles. The molecule has 0 fully saturated rings. The van der Waals surface area contributed by atoms with Crippen molar-refractivity contribution in [3.05, 3.63) is 81.9 Å². The second-order valence-electron chi connectivity index (χ2n) is 7.95. The molecule has 2 unspecified atom stereocenters. The monoisotopic (exact) mass is 415 g/mol. The van der Waals surface area contributed by atoms with Crippen LogP contribution in [0, 0.1) is 20.8 Å². The minimum absolute atomic E-state index is 0.0844. The highest BCUT2D eigenvalue weighted by Crippen LogP contribution is 2.51. The number of hydrogen-bond acceptors (Lipinski definition) is 1. The molecule has 7 heteroatoms. The van der Waals surface area contributed by atoms with Crippen LogP contribution in [0.5, 0.6) is 0 Å². The summed E-state index contributed by atoms with van der Waals surface area (Å²) < 4.78 is 41.0. The summed E-state index contributed by atoms with van der Waals surface area (Å²) in [6, 6.07) is 17.8. The first-order valence-corrected chi connectivity index (χ1v) is 9.80. The topological polar surface area (TPSA) is 12.2 Å². The standard InChI is InChI=1S/C23H22NO.BF4/c1-13-11-14(2)19(15(3)12-13)22-21-17-9-5-7-16-8-6-10-18(20(16)17)23(21)25-24(22)4;2-1(3,4)5/h5-12,21,23H,1-4H3;/q+1;-1. The molecule has 0 N–H and O–H groups in total. The van der Waals surface area contributed by atoms with Crippen LogP contribution in [0.2, 0.25) is 0 Å². The molecule has 2 nitrogen and oxygen atoms in total. The lowest BCUT2D eigenvalue weighted by molar-refractivity contribution is -0.769. The molecule has 0 radical (unpaired) electrons. The molecule has 1 heterocycles. The van der Waals surface area contributed by atoms with E-state index in [1.807, 2.05) is 4.74 Å². The zero-order chi connectivity index (χ0) is 21.8. The SMILES string of the molecule is Cc1cc(C)c(C2=[N+](C)OC3c4cccc5cccc(c45)C23)c(C)c1.F[B-](F)(F)F. The van der Waals surface area contributed by atoms with Gasteiger partial charge in [-0.15, -0.1) is 0 Å².